The van der Waals surface area contributed by atoms with Crippen molar-refractivity contribution < 1.29 is 18.3 Å². The molecule has 0 fully saturated rings. The number of hydrogen-bond acceptors (Lipinski definition) is 4. The molecule has 0 aliphatic rings. The third kappa shape index (κ3) is 4.16. The lowest BCUT2D eigenvalue weighted by Crippen LogP contribution is -2.13. The zero-order valence-corrected chi connectivity index (χ0v) is 17.9. The summed E-state index contributed by atoms with van der Waals surface area (Å²) in [6.45, 7) is 3.79. The summed E-state index contributed by atoms with van der Waals surface area (Å²) < 4.78 is 34.2. The Balaban J connectivity index is 1.66. The molecule has 6 nitrogen and oxygen atoms in total. The highest BCUT2D eigenvalue weighted by Gasteiger charge is 2.20. The van der Waals surface area contributed by atoms with Crippen LogP contribution in [0.3, 0.4) is 0 Å². The highest BCUT2D eigenvalue weighted by molar-refractivity contribution is 5.91. The van der Waals surface area contributed by atoms with E-state index in [0.29, 0.717) is 29.3 Å². The predicted molar refractivity (Wildman–Crippen MR) is 118 cm³/mol. The Morgan fingerprint density at radius 1 is 1.09 bits per heavy atom. The van der Waals surface area contributed by atoms with Crippen LogP contribution in [0, 0.1) is 25.5 Å². The van der Waals surface area contributed by atoms with Crippen molar-refractivity contribution in [2.75, 3.05) is 12.4 Å². The fourth-order valence-electron chi connectivity index (χ4n) is 3.81. The van der Waals surface area contributed by atoms with E-state index in [9.17, 15) is 13.6 Å². The molecule has 32 heavy (non-hydrogen) atoms. The molecule has 2 aromatic heterocycles. The summed E-state index contributed by atoms with van der Waals surface area (Å²) in [6, 6.07) is 11.9. The second-order valence-electron chi connectivity index (χ2n) is 7.46. The average Bonchev–Trinajstić information content (AvgIpc) is 3.09. The molecular formula is C24H22F2N4O2. The van der Waals surface area contributed by atoms with E-state index in [1.54, 1.807) is 22.9 Å². The summed E-state index contributed by atoms with van der Waals surface area (Å²) in [6.07, 6.45) is 0.543. The van der Waals surface area contributed by atoms with E-state index >= 15 is 0 Å². The van der Waals surface area contributed by atoms with Crippen LogP contribution in [0.1, 0.15) is 23.2 Å². The summed E-state index contributed by atoms with van der Waals surface area (Å²) in [4.78, 5) is 17.0. The molecule has 164 valence electrons. The van der Waals surface area contributed by atoms with Crippen molar-refractivity contribution in [1.29, 1.82) is 0 Å². The molecule has 2 aromatic carbocycles. The molecule has 0 atom stereocenters. The lowest BCUT2D eigenvalue weighted by atomic mass is 10.0. The lowest BCUT2D eigenvalue weighted by molar-refractivity contribution is -0.116. The Kier molecular flexibility index (Phi) is 5.85. The number of pyridine rings is 1. The Labute approximate surface area is 183 Å². The summed E-state index contributed by atoms with van der Waals surface area (Å²) in [7, 11) is 1.51. The number of halogens is 2. The van der Waals surface area contributed by atoms with Gasteiger partial charge < -0.3 is 10.1 Å². The standard InChI is InChI=1S/C24H22F2N4O2/c1-14-20(10-11-21(31)27-18-8-4-6-16(25)12-18)24(32-3)28-23-22(14)15(2)29-30(23)19-9-5-7-17(26)13-19/h4-9,12-13H,10-11H2,1-3H3,(H,27,31). The van der Waals surface area contributed by atoms with Crippen LogP contribution in [0.2, 0.25) is 0 Å². The maximum Gasteiger partial charge on any atom is 0.224 e. The molecule has 0 radical (unpaired) electrons. The van der Waals surface area contributed by atoms with Gasteiger partial charge in [-0.05, 0) is 62.2 Å². The highest BCUT2D eigenvalue weighted by Crippen LogP contribution is 2.32. The first kappa shape index (κ1) is 21.4. The van der Waals surface area contributed by atoms with Gasteiger partial charge >= 0.3 is 0 Å². The predicted octanol–water partition coefficient (Wildman–Crippen LogP) is 4.90. The molecule has 0 saturated carbocycles. The minimum Gasteiger partial charge on any atom is -0.481 e. The lowest BCUT2D eigenvalue weighted by Gasteiger charge is -2.13. The van der Waals surface area contributed by atoms with Crippen LogP contribution in [-0.2, 0) is 11.2 Å². The van der Waals surface area contributed by atoms with Crippen LogP contribution in [0.15, 0.2) is 48.5 Å². The maximum absolute atomic E-state index is 13.8. The maximum atomic E-state index is 13.8. The molecule has 0 aliphatic carbocycles. The molecule has 2 heterocycles. The number of aromatic nitrogens is 3. The Morgan fingerprint density at radius 3 is 2.50 bits per heavy atom. The Hall–Kier alpha value is -3.81. The quantitative estimate of drug-likeness (QED) is 0.467. The van der Waals surface area contributed by atoms with Crippen molar-refractivity contribution in [3.63, 3.8) is 0 Å². The highest BCUT2D eigenvalue weighted by atomic mass is 19.1. The third-order valence-electron chi connectivity index (χ3n) is 5.29. The van der Waals surface area contributed by atoms with Gasteiger partial charge in [0.25, 0.3) is 0 Å². The van der Waals surface area contributed by atoms with Crippen molar-refractivity contribution >= 4 is 22.6 Å². The van der Waals surface area contributed by atoms with Crippen molar-refractivity contribution in [2.45, 2.75) is 26.7 Å². The Bertz CT molecular complexity index is 1320. The molecule has 4 rings (SSSR count). The number of amides is 1. The topological polar surface area (TPSA) is 69.0 Å². The third-order valence-corrected chi connectivity index (χ3v) is 5.29. The molecule has 0 aliphatic heterocycles. The fourth-order valence-corrected chi connectivity index (χ4v) is 3.81. The number of rotatable bonds is 6. The van der Waals surface area contributed by atoms with Crippen LogP contribution >= 0.6 is 0 Å². The van der Waals surface area contributed by atoms with E-state index in [2.05, 4.69) is 15.4 Å². The van der Waals surface area contributed by atoms with Crippen LogP contribution in [-0.4, -0.2) is 27.8 Å². The number of carbonyl (C=O) groups excluding carboxylic acids is 1. The van der Waals surface area contributed by atoms with Gasteiger partial charge in [0.05, 0.1) is 18.5 Å². The second kappa shape index (κ2) is 8.74. The SMILES string of the molecule is COc1nc2c(c(C)nn2-c2cccc(F)c2)c(C)c1CCC(=O)Nc1cccc(F)c1. The van der Waals surface area contributed by atoms with Gasteiger partial charge in [0, 0.05) is 23.1 Å². The molecule has 4 aromatic rings. The van der Waals surface area contributed by atoms with Gasteiger partial charge in [-0.3, -0.25) is 4.79 Å². The van der Waals surface area contributed by atoms with Crippen molar-refractivity contribution in [3.05, 3.63) is 77.0 Å². The van der Waals surface area contributed by atoms with E-state index in [0.717, 1.165) is 22.2 Å². The molecule has 0 bridgehead atoms. The first-order chi connectivity index (χ1) is 15.4. The number of ether oxygens (including phenoxy) is 1. The molecule has 0 saturated heterocycles. The molecule has 8 heteroatoms. The number of anilines is 1. The minimum absolute atomic E-state index is 0.165. The van der Waals surface area contributed by atoms with Gasteiger partial charge in [0.15, 0.2) is 5.65 Å². The van der Waals surface area contributed by atoms with Gasteiger partial charge in [-0.15, -0.1) is 0 Å². The summed E-state index contributed by atoms with van der Waals surface area (Å²) in [5.74, 6) is -0.649. The van der Waals surface area contributed by atoms with Gasteiger partial charge in [0.1, 0.15) is 11.6 Å². The Morgan fingerprint density at radius 2 is 1.81 bits per heavy atom. The van der Waals surface area contributed by atoms with Crippen LogP contribution < -0.4 is 10.1 Å². The number of nitrogens with zero attached hydrogens (tertiary/aromatic N) is 3. The van der Waals surface area contributed by atoms with E-state index in [4.69, 9.17) is 4.74 Å². The number of carbonyl (C=O) groups is 1. The minimum atomic E-state index is -0.416. The van der Waals surface area contributed by atoms with Crippen LogP contribution in [0.4, 0.5) is 14.5 Å². The van der Waals surface area contributed by atoms with Gasteiger partial charge in [-0.2, -0.15) is 10.1 Å². The second-order valence-corrected chi connectivity index (χ2v) is 7.46. The molecular weight excluding hydrogens is 414 g/mol. The summed E-state index contributed by atoms with van der Waals surface area (Å²) in [5, 5.41) is 8.08. The fraction of sp³-hybridized carbons (Fsp3) is 0.208. The monoisotopic (exact) mass is 436 g/mol. The van der Waals surface area contributed by atoms with E-state index in [1.807, 2.05) is 13.8 Å². The van der Waals surface area contributed by atoms with E-state index in [1.165, 1.54) is 37.4 Å². The first-order valence-electron chi connectivity index (χ1n) is 10.1. The van der Waals surface area contributed by atoms with E-state index in [-0.39, 0.29) is 18.1 Å². The van der Waals surface area contributed by atoms with Gasteiger partial charge in [0.2, 0.25) is 11.8 Å². The normalized spacial score (nSPS) is 11.0. The number of benzene rings is 2. The van der Waals surface area contributed by atoms with E-state index < -0.39 is 5.82 Å². The average molecular weight is 436 g/mol. The summed E-state index contributed by atoms with van der Waals surface area (Å²) in [5.41, 5.74) is 3.93. The van der Waals surface area contributed by atoms with Crippen molar-refractivity contribution in [3.8, 4) is 11.6 Å². The van der Waals surface area contributed by atoms with Crippen molar-refractivity contribution in [1.82, 2.24) is 14.8 Å². The summed E-state index contributed by atoms with van der Waals surface area (Å²) >= 11 is 0. The van der Waals surface area contributed by atoms with Crippen LogP contribution in [0.5, 0.6) is 5.88 Å². The first-order valence-corrected chi connectivity index (χ1v) is 10.1. The van der Waals surface area contributed by atoms with Gasteiger partial charge in [-0.1, -0.05) is 12.1 Å². The van der Waals surface area contributed by atoms with Crippen LogP contribution in [0.25, 0.3) is 16.7 Å². The zero-order valence-electron chi connectivity index (χ0n) is 17.9. The number of fused-ring (bicyclic) bond motifs is 1. The molecule has 1 amide bonds. The number of aryl methyl sites for hydroxylation is 2. The zero-order chi connectivity index (χ0) is 22.8. The van der Waals surface area contributed by atoms with Crippen molar-refractivity contribution in [2.24, 2.45) is 0 Å². The number of hydrogen-bond donors (Lipinski definition) is 1. The number of methoxy groups -OCH3 is 1. The molecule has 1 N–H and O–H groups in total. The molecule has 0 unspecified atom stereocenters. The van der Waals surface area contributed by atoms with Gasteiger partial charge in [-0.25, -0.2) is 13.5 Å². The smallest absolute Gasteiger partial charge is 0.224 e. The number of nitrogens with one attached hydrogen (secondary N) is 1. The largest absolute Gasteiger partial charge is 0.481 e. The molecule has 0 spiro atoms.